The van der Waals surface area contributed by atoms with Gasteiger partial charge in [0, 0.05) is 6.54 Å². The molecule has 13 heavy (non-hydrogen) atoms. The third-order valence-electron chi connectivity index (χ3n) is 2.13. The van der Waals surface area contributed by atoms with Gasteiger partial charge in [-0.3, -0.25) is 0 Å². The van der Waals surface area contributed by atoms with Crippen LogP contribution in [-0.2, 0) is 13.0 Å². The van der Waals surface area contributed by atoms with Crippen LogP contribution in [0.3, 0.4) is 0 Å². The number of aromatic nitrogens is 3. The van der Waals surface area contributed by atoms with Crippen molar-refractivity contribution in [3.8, 4) is 0 Å². The van der Waals surface area contributed by atoms with Gasteiger partial charge in [-0.25, -0.2) is 4.68 Å². The monoisotopic (exact) mass is 182 g/mol. The average molecular weight is 182 g/mol. The van der Waals surface area contributed by atoms with Crippen molar-refractivity contribution in [2.75, 3.05) is 6.54 Å². The van der Waals surface area contributed by atoms with Crippen LogP contribution in [0.5, 0.6) is 0 Å². The number of aryl methyl sites for hydroxylation is 2. The van der Waals surface area contributed by atoms with Crippen LogP contribution < -0.4 is 5.73 Å². The zero-order chi connectivity index (χ0) is 9.68. The topological polar surface area (TPSA) is 56.7 Å². The largest absolute Gasteiger partial charge is 0.330 e. The predicted molar refractivity (Wildman–Crippen MR) is 52.4 cm³/mol. The van der Waals surface area contributed by atoms with Crippen molar-refractivity contribution in [3.05, 3.63) is 11.4 Å². The molecule has 0 aliphatic carbocycles. The fraction of sp³-hybridized carbons (Fsp3) is 0.778. The average Bonchev–Trinajstić information content (AvgIpc) is 2.46. The van der Waals surface area contributed by atoms with Gasteiger partial charge in [0.2, 0.25) is 0 Å². The van der Waals surface area contributed by atoms with Crippen LogP contribution in [0, 0.1) is 6.92 Å². The quantitative estimate of drug-likeness (QED) is 0.735. The second-order valence-corrected chi connectivity index (χ2v) is 3.24. The van der Waals surface area contributed by atoms with Crippen molar-refractivity contribution in [2.24, 2.45) is 5.73 Å². The van der Waals surface area contributed by atoms with Crippen molar-refractivity contribution in [3.63, 3.8) is 0 Å². The van der Waals surface area contributed by atoms with E-state index in [0.717, 1.165) is 38.0 Å². The highest BCUT2D eigenvalue weighted by atomic mass is 15.4. The molecule has 0 aliphatic rings. The van der Waals surface area contributed by atoms with Gasteiger partial charge in [0.05, 0.1) is 11.4 Å². The van der Waals surface area contributed by atoms with Crippen LogP contribution in [0.15, 0.2) is 0 Å². The molecule has 0 atom stereocenters. The molecule has 1 aromatic heterocycles. The fourth-order valence-corrected chi connectivity index (χ4v) is 1.32. The first-order valence-electron chi connectivity index (χ1n) is 4.88. The van der Waals surface area contributed by atoms with Gasteiger partial charge in [0.1, 0.15) is 0 Å². The molecule has 0 saturated carbocycles. The maximum atomic E-state index is 5.44. The Morgan fingerprint density at radius 3 is 2.85 bits per heavy atom. The van der Waals surface area contributed by atoms with Gasteiger partial charge in [0.25, 0.3) is 0 Å². The summed E-state index contributed by atoms with van der Waals surface area (Å²) in [7, 11) is 0. The van der Waals surface area contributed by atoms with Crippen molar-refractivity contribution < 1.29 is 0 Å². The van der Waals surface area contributed by atoms with Crippen LogP contribution in [0.1, 0.15) is 31.2 Å². The van der Waals surface area contributed by atoms with Gasteiger partial charge >= 0.3 is 0 Å². The molecule has 2 N–H and O–H groups in total. The molecule has 4 nitrogen and oxygen atoms in total. The number of hydrogen-bond acceptors (Lipinski definition) is 3. The highest BCUT2D eigenvalue weighted by Crippen LogP contribution is 2.06. The second kappa shape index (κ2) is 4.97. The summed E-state index contributed by atoms with van der Waals surface area (Å²) in [6, 6.07) is 0. The summed E-state index contributed by atoms with van der Waals surface area (Å²) in [5.74, 6) is 0. The van der Waals surface area contributed by atoms with Crippen LogP contribution in [0.25, 0.3) is 0 Å². The molecule has 74 valence electrons. The minimum atomic E-state index is 0.722. The van der Waals surface area contributed by atoms with Gasteiger partial charge in [-0.2, -0.15) is 0 Å². The summed E-state index contributed by atoms with van der Waals surface area (Å²) >= 11 is 0. The lowest BCUT2D eigenvalue weighted by Crippen LogP contribution is -2.03. The molecular formula is C9H18N4. The van der Waals surface area contributed by atoms with E-state index >= 15 is 0 Å². The first-order chi connectivity index (χ1) is 6.29. The maximum Gasteiger partial charge on any atom is 0.0856 e. The Kier molecular flexibility index (Phi) is 3.89. The van der Waals surface area contributed by atoms with Crippen molar-refractivity contribution in [1.29, 1.82) is 0 Å². The van der Waals surface area contributed by atoms with E-state index in [-0.39, 0.29) is 0 Å². The number of hydrogen-bond donors (Lipinski definition) is 1. The molecule has 0 aliphatic heterocycles. The normalized spacial score (nSPS) is 10.7. The van der Waals surface area contributed by atoms with Gasteiger partial charge < -0.3 is 5.73 Å². The first kappa shape index (κ1) is 10.2. The summed E-state index contributed by atoms with van der Waals surface area (Å²) in [6.45, 7) is 5.89. The molecule has 0 radical (unpaired) electrons. The van der Waals surface area contributed by atoms with Gasteiger partial charge in [-0.05, 0) is 32.7 Å². The molecule has 1 aromatic rings. The van der Waals surface area contributed by atoms with Crippen LogP contribution in [0.2, 0.25) is 0 Å². The smallest absolute Gasteiger partial charge is 0.0856 e. The zero-order valence-electron chi connectivity index (χ0n) is 8.45. The van der Waals surface area contributed by atoms with Crippen molar-refractivity contribution >= 4 is 0 Å². The number of nitrogens with two attached hydrogens (primary N) is 1. The minimum Gasteiger partial charge on any atom is -0.330 e. The Morgan fingerprint density at radius 2 is 2.23 bits per heavy atom. The second-order valence-electron chi connectivity index (χ2n) is 3.24. The minimum absolute atomic E-state index is 0.722. The Labute approximate surface area is 79.1 Å². The predicted octanol–water partition coefficient (Wildman–Crippen LogP) is 0.888. The van der Waals surface area contributed by atoms with E-state index in [0.29, 0.717) is 0 Å². The summed E-state index contributed by atoms with van der Waals surface area (Å²) in [4.78, 5) is 0. The summed E-state index contributed by atoms with van der Waals surface area (Å²) < 4.78 is 1.96. The van der Waals surface area contributed by atoms with E-state index in [1.54, 1.807) is 0 Å². The van der Waals surface area contributed by atoms with Gasteiger partial charge in [0.15, 0.2) is 0 Å². The molecule has 0 spiro atoms. The SMILES string of the molecule is CCCn1nnc(CCCN)c1C. The molecule has 0 aromatic carbocycles. The third-order valence-corrected chi connectivity index (χ3v) is 2.13. The van der Waals surface area contributed by atoms with E-state index in [1.807, 2.05) is 4.68 Å². The molecule has 0 amide bonds. The number of nitrogens with zero attached hydrogens (tertiary/aromatic N) is 3. The van der Waals surface area contributed by atoms with E-state index in [4.69, 9.17) is 5.73 Å². The van der Waals surface area contributed by atoms with E-state index < -0.39 is 0 Å². The molecule has 0 saturated heterocycles. The highest BCUT2D eigenvalue weighted by Gasteiger charge is 2.06. The van der Waals surface area contributed by atoms with Crippen LogP contribution in [-0.4, -0.2) is 21.5 Å². The van der Waals surface area contributed by atoms with E-state index in [1.165, 1.54) is 5.69 Å². The third kappa shape index (κ3) is 2.52. The van der Waals surface area contributed by atoms with E-state index in [2.05, 4.69) is 24.2 Å². The summed E-state index contributed by atoms with van der Waals surface area (Å²) in [5.41, 5.74) is 7.72. The zero-order valence-corrected chi connectivity index (χ0v) is 8.45. The fourth-order valence-electron chi connectivity index (χ4n) is 1.32. The molecule has 4 heteroatoms. The molecule has 0 unspecified atom stereocenters. The Hall–Kier alpha value is -0.900. The lowest BCUT2D eigenvalue weighted by Gasteiger charge is -2.00. The highest BCUT2D eigenvalue weighted by molar-refractivity contribution is 5.07. The Morgan fingerprint density at radius 1 is 1.46 bits per heavy atom. The standard InChI is InChI=1S/C9H18N4/c1-3-7-13-8(2)9(11-12-13)5-4-6-10/h3-7,10H2,1-2H3. The lowest BCUT2D eigenvalue weighted by atomic mass is 10.2. The molecular weight excluding hydrogens is 164 g/mol. The first-order valence-corrected chi connectivity index (χ1v) is 4.88. The summed E-state index contributed by atoms with van der Waals surface area (Å²) in [6.07, 6.45) is 3.04. The Balaban J connectivity index is 2.62. The Bertz CT molecular complexity index is 254. The summed E-state index contributed by atoms with van der Waals surface area (Å²) in [5, 5.41) is 8.21. The molecule has 1 heterocycles. The van der Waals surface area contributed by atoms with Crippen LogP contribution in [0.4, 0.5) is 0 Å². The molecule has 1 rings (SSSR count). The van der Waals surface area contributed by atoms with Crippen LogP contribution >= 0.6 is 0 Å². The van der Waals surface area contributed by atoms with Gasteiger partial charge in [-0.15, -0.1) is 5.10 Å². The lowest BCUT2D eigenvalue weighted by molar-refractivity contribution is 0.566. The van der Waals surface area contributed by atoms with Crippen molar-refractivity contribution in [1.82, 2.24) is 15.0 Å². The van der Waals surface area contributed by atoms with Crippen molar-refractivity contribution in [2.45, 2.75) is 39.7 Å². The molecule has 0 bridgehead atoms. The number of rotatable bonds is 5. The molecule has 0 fully saturated rings. The van der Waals surface area contributed by atoms with Gasteiger partial charge in [-0.1, -0.05) is 12.1 Å². The van der Waals surface area contributed by atoms with E-state index in [9.17, 15) is 0 Å². The maximum absolute atomic E-state index is 5.44.